The van der Waals surface area contributed by atoms with Gasteiger partial charge in [0.05, 0.1) is 49.0 Å². The fourth-order valence-corrected chi connectivity index (χ4v) is 6.87. The third-order valence-electron chi connectivity index (χ3n) is 7.01. The molecule has 0 spiro atoms. The van der Waals surface area contributed by atoms with Gasteiger partial charge in [-0.3, -0.25) is 8.37 Å². The summed E-state index contributed by atoms with van der Waals surface area (Å²) in [5.41, 5.74) is 1.10. The smallest absolute Gasteiger partial charge is 0.264 e. The molecule has 2 saturated heterocycles. The predicted octanol–water partition coefficient (Wildman–Crippen LogP) is 3.66. The summed E-state index contributed by atoms with van der Waals surface area (Å²) < 4.78 is 81.2. The molecule has 0 radical (unpaired) electrons. The number of hydrogen-bond acceptors (Lipinski definition) is 14. The van der Waals surface area contributed by atoms with Gasteiger partial charge in [0.1, 0.15) is 50.6 Å². The lowest BCUT2D eigenvalue weighted by atomic mass is 10.1. The Morgan fingerprint density at radius 1 is 0.720 bits per heavy atom. The average Bonchev–Trinajstić information content (AvgIpc) is 3.85. The molecule has 2 aliphatic heterocycles. The third kappa shape index (κ3) is 10.3. The van der Waals surface area contributed by atoms with Crippen molar-refractivity contribution in [1.82, 2.24) is 29.5 Å². The van der Waals surface area contributed by atoms with Gasteiger partial charge >= 0.3 is 0 Å². The number of rotatable bonds is 12. The van der Waals surface area contributed by atoms with Crippen LogP contribution in [0.25, 0.3) is 0 Å². The van der Waals surface area contributed by atoms with Crippen LogP contribution in [0.15, 0.2) is 61.7 Å². The van der Waals surface area contributed by atoms with E-state index in [1.54, 1.807) is 36.4 Å². The number of halogens is 4. The largest absolute Gasteiger partial charge is 0.342 e. The number of ether oxygens (including phenoxy) is 4. The van der Waals surface area contributed by atoms with Gasteiger partial charge in [0.15, 0.2) is 0 Å². The highest BCUT2D eigenvalue weighted by atomic mass is 35.5. The molecule has 0 N–H and O–H groups in total. The molecule has 0 saturated carbocycles. The van der Waals surface area contributed by atoms with Crippen molar-refractivity contribution in [3.05, 3.63) is 92.9 Å². The third-order valence-corrected chi connectivity index (χ3v) is 9.24. The lowest BCUT2D eigenvalue weighted by Gasteiger charge is -2.29. The minimum Gasteiger partial charge on any atom is -0.342 e. The molecular weight excluding hydrogens is 786 g/mol. The second kappa shape index (κ2) is 16.1. The number of nitrogens with zero attached hydrogens (tertiary/aromatic N) is 6. The summed E-state index contributed by atoms with van der Waals surface area (Å²) in [5, 5.41) is 9.78. The van der Waals surface area contributed by atoms with Gasteiger partial charge in [-0.1, -0.05) is 58.5 Å². The topological polar surface area (TPSA) is 185 Å². The van der Waals surface area contributed by atoms with E-state index in [1.165, 1.54) is 34.7 Å². The SMILES string of the molecule is CS(=O)(=O)OC[C@@H]1CO[C@@](Cn2cncn2)(c2ccc(Cl)cc2Cl)O1.CS(=O)(=O)OC[C@H]1CO[C@](Cn2cncn2)(c2ccc(Cl)cc2Cl)O1. The molecule has 2 aromatic heterocycles. The first-order chi connectivity index (χ1) is 23.5. The Kier molecular flexibility index (Phi) is 12.4. The monoisotopic (exact) mass is 814 g/mol. The standard InChI is InChI=1S/2C14H15Cl2N3O5S/c2*1-25(20,21)23-6-11-5-22-14(24-11,7-19-9-17-8-18-19)12-3-2-10(15)4-13(12)16/h2*2-4,8-9,11H,5-7H2,1H3/t2*11-,14+/m10/s1. The molecule has 2 aromatic carbocycles. The maximum absolute atomic E-state index is 11.2. The zero-order valence-electron chi connectivity index (χ0n) is 26.3. The molecule has 50 heavy (non-hydrogen) atoms. The summed E-state index contributed by atoms with van der Waals surface area (Å²) >= 11 is 24.6. The summed E-state index contributed by atoms with van der Waals surface area (Å²) in [6, 6.07) is 9.88. The van der Waals surface area contributed by atoms with Gasteiger partial charge in [-0.2, -0.15) is 27.0 Å². The van der Waals surface area contributed by atoms with Crippen LogP contribution in [0, 0.1) is 0 Å². The Balaban J connectivity index is 0.000000194. The van der Waals surface area contributed by atoms with Gasteiger partial charge in [0.2, 0.25) is 11.6 Å². The lowest BCUT2D eigenvalue weighted by Crippen LogP contribution is -2.35. The molecule has 16 nitrogen and oxygen atoms in total. The average molecular weight is 817 g/mol. The van der Waals surface area contributed by atoms with Crippen molar-refractivity contribution in [2.75, 3.05) is 38.9 Å². The van der Waals surface area contributed by atoms with Crippen molar-refractivity contribution in [1.29, 1.82) is 0 Å². The molecule has 272 valence electrons. The zero-order chi connectivity index (χ0) is 36.2. The molecule has 4 atom stereocenters. The van der Waals surface area contributed by atoms with Gasteiger partial charge < -0.3 is 18.9 Å². The molecule has 0 unspecified atom stereocenters. The summed E-state index contributed by atoms with van der Waals surface area (Å²) in [4.78, 5) is 7.79. The Hall–Kier alpha value is -2.46. The van der Waals surface area contributed by atoms with Crippen molar-refractivity contribution < 1.29 is 44.1 Å². The van der Waals surface area contributed by atoms with E-state index in [1.807, 2.05) is 0 Å². The van der Waals surface area contributed by atoms with Crippen LogP contribution in [-0.2, 0) is 72.2 Å². The lowest BCUT2D eigenvalue weighted by molar-refractivity contribution is -0.190. The maximum Gasteiger partial charge on any atom is 0.264 e. The summed E-state index contributed by atoms with van der Waals surface area (Å²) in [6.07, 6.45) is 6.56. The number of hydrogen-bond donors (Lipinski definition) is 0. The fraction of sp³-hybridized carbons (Fsp3) is 0.429. The van der Waals surface area contributed by atoms with Crippen LogP contribution in [-0.4, -0.2) is 97.5 Å². The van der Waals surface area contributed by atoms with Gasteiger partial charge in [0.25, 0.3) is 20.2 Å². The number of benzene rings is 2. The zero-order valence-corrected chi connectivity index (χ0v) is 30.9. The minimum absolute atomic E-state index is 0.128. The van der Waals surface area contributed by atoms with Gasteiger partial charge in [-0.25, -0.2) is 19.3 Å². The molecule has 4 heterocycles. The molecule has 0 bridgehead atoms. The highest BCUT2D eigenvalue weighted by Gasteiger charge is 2.47. The van der Waals surface area contributed by atoms with E-state index in [-0.39, 0.29) is 39.5 Å². The highest BCUT2D eigenvalue weighted by molar-refractivity contribution is 7.86. The Morgan fingerprint density at radius 3 is 1.44 bits per heavy atom. The molecule has 4 aromatic rings. The predicted molar refractivity (Wildman–Crippen MR) is 180 cm³/mol. The second-order valence-electron chi connectivity index (χ2n) is 11.0. The summed E-state index contributed by atoms with van der Waals surface area (Å²) in [5.74, 6) is -2.53. The van der Waals surface area contributed by atoms with Crippen molar-refractivity contribution in [2.24, 2.45) is 0 Å². The van der Waals surface area contributed by atoms with Crippen LogP contribution < -0.4 is 0 Å². The van der Waals surface area contributed by atoms with E-state index in [2.05, 4.69) is 20.2 Å². The molecule has 2 fully saturated rings. The van der Waals surface area contributed by atoms with E-state index >= 15 is 0 Å². The van der Waals surface area contributed by atoms with Crippen LogP contribution in [0.3, 0.4) is 0 Å². The van der Waals surface area contributed by atoms with Gasteiger partial charge in [-0.05, 0) is 24.3 Å². The molecule has 22 heteroatoms. The first-order valence-electron chi connectivity index (χ1n) is 14.4. The number of aromatic nitrogens is 6. The quantitative estimate of drug-likeness (QED) is 0.189. The molecule has 0 amide bonds. The van der Waals surface area contributed by atoms with Crippen LogP contribution >= 0.6 is 46.4 Å². The van der Waals surface area contributed by atoms with E-state index in [4.69, 9.17) is 73.7 Å². The van der Waals surface area contributed by atoms with Crippen LogP contribution in [0.4, 0.5) is 0 Å². The van der Waals surface area contributed by atoms with Crippen molar-refractivity contribution in [3.8, 4) is 0 Å². The highest BCUT2D eigenvalue weighted by Crippen LogP contribution is 2.42. The normalized spacial score (nSPS) is 23.9. The molecule has 6 rings (SSSR count). The van der Waals surface area contributed by atoms with E-state index < -0.39 is 44.0 Å². The molecule has 2 aliphatic rings. The fourth-order valence-electron chi connectivity index (χ4n) is 4.96. The summed E-state index contributed by atoms with van der Waals surface area (Å²) in [7, 11) is -7.17. The van der Waals surface area contributed by atoms with Crippen molar-refractivity contribution in [3.63, 3.8) is 0 Å². The van der Waals surface area contributed by atoms with E-state index in [9.17, 15) is 16.8 Å². The van der Waals surface area contributed by atoms with E-state index in [0.717, 1.165) is 12.5 Å². The Bertz CT molecular complexity index is 1830. The van der Waals surface area contributed by atoms with Crippen LogP contribution in [0.2, 0.25) is 20.1 Å². The van der Waals surface area contributed by atoms with Gasteiger partial charge in [-0.15, -0.1) is 0 Å². The Labute approximate surface area is 307 Å². The Morgan fingerprint density at radius 2 is 1.12 bits per heavy atom. The maximum atomic E-state index is 11.2. The van der Waals surface area contributed by atoms with Crippen LogP contribution in [0.5, 0.6) is 0 Å². The first-order valence-corrected chi connectivity index (χ1v) is 19.6. The minimum atomic E-state index is -3.58. The second-order valence-corrected chi connectivity index (χ2v) is 16.0. The summed E-state index contributed by atoms with van der Waals surface area (Å²) in [6.45, 7) is 0.270. The van der Waals surface area contributed by atoms with E-state index in [0.29, 0.717) is 31.2 Å². The van der Waals surface area contributed by atoms with Gasteiger partial charge in [0, 0.05) is 21.2 Å². The molecular formula is C28H30Cl4N6O10S2. The van der Waals surface area contributed by atoms with Crippen molar-refractivity contribution in [2.45, 2.75) is 36.9 Å². The molecule has 0 aliphatic carbocycles. The first kappa shape index (κ1) is 38.8. The van der Waals surface area contributed by atoms with Crippen LogP contribution in [0.1, 0.15) is 11.1 Å². The van der Waals surface area contributed by atoms with Crippen molar-refractivity contribution >= 4 is 66.6 Å².